The Morgan fingerprint density at radius 1 is 1.22 bits per heavy atom. The number of methoxy groups -OCH3 is 1. The van der Waals surface area contributed by atoms with Crippen LogP contribution in [0.5, 0.6) is 5.75 Å². The number of urea groups is 1. The second-order valence-electron chi connectivity index (χ2n) is 7.88. The summed E-state index contributed by atoms with van der Waals surface area (Å²) in [5.41, 5.74) is 1.12. The van der Waals surface area contributed by atoms with E-state index in [0.29, 0.717) is 6.54 Å². The summed E-state index contributed by atoms with van der Waals surface area (Å²) in [4.78, 5) is 16.6. The first-order valence-electron chi connectivity index (χ1n) is 10.2. The van der Waals surface area contributed by atoms with Gasteiger partial charge < -0.3 is 25.0 Å². The zero-order chi connectivity index (χ0) is 19.2. The molecule has 2 atom stereocenters. The van der Waals surface area contributed by atoms with Crippen molar-refractivity contribution < 1.29 is 14.6 Å². The number of anilines is 1. The van der Waals surface area contributed by atoms with Gasteiger partial charge in [0, 0.05) is 38.6 Å². The van der Waals surface area contributed by atoms with Gasteiger partial charge in [0.05, 0.1) is 18.9 Å². The van der Waals surface area contributed by atoms with Gasteiger partial charge in [0.15, 0.2) is 0 Å². The molecule has 6 nitrogen and oxygen atoms in total. The second kappa shape index (κ2) is 9.31. The van der Waals surface area contributed by atoms with Crippen LogP contribution in [0.15, 0.2) is 24.3 Å². The van der Waals surface area contributed by atoms with Crippen molar-refractivity contribution in [3.8, 4) is 5.75 Å². The SMILES string of the molecule is COc1ccccc1N1CCC(NC(=O)N(C)CC2CCCCC2O)CC1. The molecule has 2 amide bonds. The number of nitrogens with one attached hydrogen (secondary N) is 1. The van der Waals surface area contributed by atoms with Crippen LogP contribution in [0.1, 0.15) is 38.5 Å². The number of rotatable bonds is 5. The van der Waals surface area contributed by atoms with E-state index in [4.69, 9.17) is 4.74 Å². The molecule has 0 bridgehead atoms. The van der Waals surface area contributed by atoms with Crippen LogP contribution in [-0.4, -0.2) is 62.0 Å². The number of aliphatic hydroxyl groups is 1. The van der Waals surface area contributed by atoms with Gasteiger partial charge in [-0.15, -0.1) is 0 Å². The Morgan fingerprint density at radius 3 is 2.63 bits per heavy atom. The molecule has 1 heterocycles. The highest BCUT2D eigenvalue weighted by atomic mass is 16.5. The van der Waals surface area contributed by atoms with Crippen LogP contribution >= 0.6 is 0 Å². The van der Waals surface area contributed by atoms with Gasteiger partial charge in [0.1, 0.15) is 5.75 Å². The summed E-state index contributed by atoms with van der Waals surface area (Å²) < 4.78 is 5.46. The Balaban J connectivity index is 1.46. The molecule has 0 aromatic heterocycles. The van der Waals surface area contributed by atoms with E-state index in [1.165, 1.54) is 0 Å². The van der Waals surface area contributed by atoms with Crippen LogP contribution in [0.4, 0.5) is 10.5 Å². The second-order valence-corrected chi connectivity index (χ2v) is 7.88. The lowest BCUT2D eigenvalue weighted by molar-refractivity contribution is 0.0562. The number of aliphatic hydroxyl groups excluding tert-OH is 1. The number of piperidine rings is 1. The minimum Gasteiger partial charge on any atom is -0.495 e. The number of hydrogen-bond acceptors (Lipinski definition) is 4. The average Bonchev–Trinajstić information content (AvgIpc) is 2.70. The normalized spacial score (nSPS) is 23.7. The van der Waals surface area contributed by atoms with Gasteiger partial charge in [0.2, 0.25) is 0 Å². The fraction of sp³-hybridized carbons (Fsp3) is 0.667. The number of para-hydroxylation sites is 2. The number of hydrogen-bond donors (Lipinski definition) is 2. The summed E-state index contributed by atoms with van der Waals surface area (Å²) in [6, 6.07) is 8.25. The first-order chi connectivity index (χ1) is 13.1. The lowest BCUT2D eigenvalue weighted by atomic mass is 9.86. The molecule has 1 saturated heterocycles. The smallest absolute Gasteiger partial charge is 0.317 e. The quantitative estimate of drug-likeness (QED) is 0.831. The van der Waals surface area contributed by atoms with Crippen molar-refractivity contribution in [3.63, 3.8) is 0 Å². The van der Waals surface area contributed by atoms with Gasteiger partial charge in [-0.1, -0.05) is 25.0 Å². The van der Waals surface area contributed by atoms with Gasteiger partial charge in [-0.05, 0) is 37.8 Å². The molecule has 2 fully saturated rings. The monoisotopic (exact) mass is 375 g/mol. The zero-order valence-corrected chi connectivity index (χ0v) is 16.6. The molecule has 0 radical (unpaired) electrons. The molecule has 27 heavy (non-hydrogen) atoms. The fourth-order valence-corrected chi connectivity index (χ4v) is 4.28. The third kappa shape index (κ3) is 5.06. The van der Waals surface area contributed by atoms with Crippen LogP contribution in [-0.2, 0) is 0 Å². The number of amides is 2. The van der Waals surface area contributed by atoms with E-state index in [1.54, 1.807) is 12.0 Å². The number of benzene rings is 1. The highest BCUT2D eigenvalue weighted by Gasteiger charge is 2.27. The van der Waals surface area contributed by atoms with Crippen molar-refractivity contribution in [1.82, 2.24) is 10.2 Å². The standard InChI is InChI=1S/C21H33N3O3/c1-23(15-16-7-3-5-9-19(16)25)21(26)22-17-11-13-24(14-12-17)18-8-4-6-10-20(18)27-2/h4,6,8,10,16-17,19,25H,3,5,7,9,11-15H2,1-2H3,(H,22,26). The van der Waals surface area contributed by atoms with E-state index in [1.807, 2.05) is 25.2 Å². The molecular weight excluding hydrogens is 342 g/mol. The minimum atomic E-state index is -0.266. The van der Waals surface area contributed by atoms with Gasteiger partial charge >= 0.3 is 6.03 Å². The van der Waals surface area contributed by atoms with Crippen LogP contribution in [0.2, 0.25) is 0 Å². The zero-order valence-electron chi connectivity index (χ0n) is 16.6. The fourth-order valence-electron chi connectivity index (χ4n) is 4.28. The third-order valence-electron chi connectivity index (χ3n) is 5.97. The van der Waals surface area contributed by atoms with E-state index in [2.05, 4.69) is 16.3 Å². The van der Waals surface area contributed by atoms with Crippen molar-refractivity contribution >= 4 is 11.7 Å². The maximum absolute atomic E-state index is 12.5. The molecule has 1 aromatic carbocycles. The van der Waals surface area contributed by atoms with E-state index >= 15 is 0 Å². The molecule has 2 aliphatic rings. The highest BCUT2D eigenvalue weighted by molar-refractivity contribution is 5.74. The minimum absolute atomic E-state index is 0.0245. The molecule has 1 aliphatic heterocycles. The number of carbonyl (C=O) groups excluding carboxylic acids is 1. The summed E-state index contributed by atoms with van der Waals surface area (Å²) in [5, 5.41) is 13.3. The molecule has 3 rings (SSSR count). The first-order valence-corrected chi connectivity index (χ1v) is 10.2. The van der Waals surface area contributed by atoms with Gasteiger partial charge in [-0.25, -0.2) is 4.79 Å². The van der Waals surface area contributed by atoms with Crippen molar-refractivity contribution in [2.24, 2.45) is 5.92 Å². The van der Waals surface area contributed by atoms with Crippen molar-refractivity contribution in [1.29, 1.82) is 0 Å². The molecule has 1 aliphatic carbocycles. The Labute approximate surface area is 162 Å². The van der Waals surface area contributed by atoms with Crippen LogP contribution < -0.4 is 15.0 Å². The third-order valence-corrected chi connectivity index (χ3v) is 5.97. The molecule has 2 N–H and O–H groups in total. The van der Waals surface area contributed by atoms with Crippen molar-refractivity contribution in [2.75, 3.05) is 38.7 Å². The lowest BCUT2D eigenvalue weighted by Gasteiger charge is -2.36. The van der Waals surface area contributed by atoms with E-state index in [9.17, 15) is 9.90 Å². The first kappa shape index (κ1) is 19.8. The van der Waals surface area contributed by atoms with Gasteiger partial charge in [-0.3, -0.25) is 0 Å². The Kier molecular flexibility index (Phi) is 6.83. The topological polar surface area (TPSA) is 65.0 Å². The van der Waals surface area contributed by atoms with E-state index < -0.39 is 0 Å². The van der Waals surface area contributed by atoms with E-state index in [0.717, 1.165) is 63.1 Å². The van der Waals surface area contributed by atoms with E-state index in [-0.39, 0.29) is 24.1 Å². The summed E-state index contributed by atoms with van der Waals surface area (Å²) in [6.07, 6.45) is 5.69. The Hall–Kier alpha value is -1.95. The lowest BCUT2D eigenvalue weighted by Crippen LogP contribution is -2.50. The number of nitrogens with zero attached hydrogens (tertiary/aromatic N) is 2. The number of ether oxygens (including phenoxy) is 1. The maximum Gasteiger partial charge on any atom is 0.317 e. The van der Waals surface area contributed by atoms with Crippen LogP contribution in [0, 0.1) is 5.92 Å². The van der Waals surface area contributed by atoms with Crippen molar-refractivity contribution in [2.45, 2.75) is 50.7 Å². The molecule has 1 aromatic rings. The largest absolute Gasteiger partial charge is 0.495 e. The summed E-state index contributed by atoms with van der Waals surface area (Å²) in [5.74, 6) is 1.10. The molecule has 150 valence electrons. The highest BCUT2D eigenvalue weighted by Crippen LogP contribution is 2.30. The average molecular weight is 376 g/mol. The Bertz CT molecular complexity index is 616. The molecule has 0 spiro atoms. The van der Waals surface area contributed by atoms with Gasteiger partial charge in [-0.2, -0.15) is 0 Å². The van der Waals surface area contributed by atoms with Crippen molar-refractivity contribution in [3.05, 3.63) is 24.3 Å². The molecule has 6 heteroatoms. The van der Waals surface area contributed by atoms with Crippen LogP contribution in [0.3, 0.4) is 0 Å². The Morgan fingerprint density at radius 2 is 1.93 bits per heavy atom. The molecule has 2 unspecified atom stereocenters. The van der Waals surface area contributed by atoms with Gasteiger partial charge in [0.25, 0.3) is 0 Å². The predicted octanol–water partition coefficient (Wildman–Crippen LogP) is 2.86. The maximum atomic E-state index is 12.5. The predicted molar refractivity (Wildman–Crippen MR) is 107 cm³/mol. The van der Waals surface area contributed by atoms with Crippen LogP contribution in [0.25, 0.3) is 0 Å². The summed E-state index contributed by atoms with van der Waals surface area (Å²) >= 11 is 0. The molecular formula is C21H33N3O3. The summed E-state index contributed by atoms with van der Waals surface area (Å²) in [6.45, 7) is 2.43. The molecule has 1 saturated carbocycles. The summed E-state index contributed by atoms with van der Waals surface area (Å²) in [7, 11) is 3.53. The number of carbonyl (C=O) groups is 1.